The van der Waals surface area contributed by atoms with Crippen LogP contribution in [0.25, 0.3) is 33.0 Å². The van der Waals surface area contributed by atoms with Gasteiger partial charge in [-0.2, -0.15) is 0 Å². The summed E-state index contributed by atoms with van der Waals surface area (Å²) in [6, 6.07) is 26.8. The molecule has 0 aliphatic heterocycles. The zero-order chi connectivity index (χ0) is 30.6. The Morgan fingerprint density at radius 1 is 0.977 bits per heavy atom. The van der Waals surface area contributed by atoms with Gasteiger partial charge in [-0.1, -0.05) is 66.2 Å². The molecule has 2 heterocycles. The fourth-order valence-electron chi connectivity index (χ4n) is 4.73. The quantitative estimate of drug-likeness (QED) is 0.159. The summed E-state index contributed by atoms with van der Waals surface area (Å²) in [6.07, 6.45) is 1.44. The Labute approximate surface area is 256 Å². The third-order valence-electron chi connectivity index (χ3n) is 7.09. The zero-order valence-corrected chi connectivity index (χ0v) is 24.2. The highest BCUT2D eigenvalue weighted by Crippen LogP contribution is 2.38. The van der Waals surface area contributed by atoms with Crippen molar-refractivity contribution in [1.82, 2.24) is 15.3 Å². The number of halogens is 1. The lowest BCUT2D eigenvalue weighted by atomic mass is 10.0. The molecule has 2 N–H and O–H groups in total. The molecule has 220 valence electrons. The van der Waals surface area contributed by atoms with Crippen LogP contribution in [0.4, 0.5) is 0 Å². The minimum Gasteiger partial charge on any atom is -0.488 e. The Balaban J connectivity index is 1.34. The van der Waals surface area contributed by atoms with E-state index in [1.165, 1.54) is 12.4 Å². The van der Waals surface area contributed by atoms with Crippen LogP contribution in [0, 0.1) is 0 Å². The highest BCUT2D eigenvalue weighted by atomic mass is 35.5. The zero-order valence-electron chi connectivity index (χ0n) is 23.5. The fraction of sp³-hybridized carbons (Fsp3) is 0.118. The molecule has 0 saturated carbocycles. The number of carbonyl (C=O) groups is 1. The number of para-hydroxylation sites is 1. The Morgan fingerprint density at radius 2 is 1.80 bits per heavy atom. The molecular weight excluding hydrogens is 582 g/mol. The first-order chi connectivity index (χ1) is 21.4. The van der Waals surface area contributed by atoms with Crippen molar-refractivity contribution >= 4 is 39.4 Å². The van der Waals surface area contributed by atoms with Crippen LogP contribution in [0.5, 0.6) is 17.4 Å². The van der Waals surface area contributed by atoms with Crippen molar-refractivity contribution in [2.75, 3.05) is 0 Å². The van der Waals surface area contributed by atoms with E-state index in [2.05, 4.69) is 15.3 Å². The minimum atomic E-state index is -0.985. The van der Waals surface area contributed by atoms with Crippen LogP contribution in [0.3, 0.4) is 0 Å². The van der Waals surface area contributed by atoms with Crippen molar-refractivity contribution in [3.63, 3.8) is 0 Å². The summed E-state index contributed by atoms with van der Waals surface area (Å²) in [5, 5.41) is 14.1. The SMILES string of the molecule is C[C@H](NCc1cc(Cl)c(Oc2ncnc3c(-c4ccccc4)cccc23)cc1OCc1ccc2ccc(=O)oc2c1)C(=O)O. The standard InChI is InChI=1S/C34H26ClN3O6/c1-20(34(40)41)36-17-24-15-27(35)30(16-28(24)42-18-21-10-11-23-12-13-31(39)43-29(23)14-21)44-33-26-9-5-8-25(32(26)37-19-38-33)22-6-3-2-4-7-22/h2-16,19-20,36H,17-18H2,1H3,(H,40,41)/t20-/m0/s1. The maximum Gasteiger partial charge on any atom is 0.336 e. The molecule has 9 nitrogen and oxygen atoms in total. The maximum absolute atomic E-state index is 11.7. The van der Waals surface area contributed by atoms with Crippen molar-refractivity contribution in [2.45, 2.75) is 26.1 Å². The molecule has 10 heteroatoms. The predicted molar refractivity (Wildman–Crippen MR) is 167 cm³/mol. The van der Waals surface area contributed by atoms with E-state index in [1.807, 2.05) is 60.7 Å². The predicted octanol–water partition coefficient (Wildman–Crippen LogP) is 6.99. The van der Waals surface area contributed by atoms with Gasteiger partial charge < -0.3 is 24.3 Å². The number of rotatable bonds is 10. The molecule has 0 amide bonds. The summed E-state index contributed by atoms with van der Waals surface area (Å²) >= 11 is 6.69. The van der Waals surface area contributed by atoms with Gasteiger partial charge in [0.2, 0.25) is 5.88 Å². The van der Waals surface area contributed by atoms with E-state index in [9.17, 15) is 14.7 Å². The molecule has 0 fully saturated rings. The summed E-state index contributed by atoms with van der Waals surface area (Å²) in [5.74, 6) is 0.0519. The number of nitrogens with zero attached hydrogens (tertiary/aromatic N) is 2. The van der Waals surface area contributed by atoms with Crippen molar-refractivity contribution in [3.8, 4) is 28.5 Å². The topological polar surface area (TPSA) is 124 Å². The lowest BCUT2D eigenvalue weighted by Crippen LogP contribution is -2.33. The van der Waals surface area contributed by atoms with E-state index in [1.54, 1.807) is 31.2 Å². The van der Waals surface area contributed by atoms with Gasteiger partial charge in [0, 0.05) is 35.2 Å². The molecule has 0 radical (unpaired) electrons. The van der Waals surface area contributed by atoms with Crippen molar-refractivity contribution in [1.29, 1.82) is 0 Å². The summed E-state index contributed by atoms with van der Waals surface area (Å²) in [5.41, 5.74) is 4.06. The van der Waals surface area contributed by atoms with E-state index >= 15 is 0 Å². The van der Waals surface area contributed by atoms with Crippen molar-refractivity contribution < 1.29 is 23.8 Å². The van der Waals surface area contributed by atoms with Gasteiger partial charge in [0.25, 0.3) is 0 Å². The molecule has 4 aromatic carbocycles. The first-order valence-electron chi connectivity index (χ1n) is 13.8. The largest absolute Gasteiger partial charge is 0.488 e. The third-order valence-corrected chi connectivity index (χ3v) is 7.38. The molecule has 0 spiro atoms. The van der Waals surface area contributed by atoms with E-state index < -0.39 is 17.6 Å². The van der Waals surface area contributed by atoms with Gasteiger partial charge in [-0.25, -0.2) is 14.8 Å². The van der Waals surface area contributed by atoms with Crippen LogP contribution in [0.1, 0.15) is 18.1 Å². The maximum atomic E-state index is 11.7. The smallest absolute Gasteiger partial charge is 0.336 e. The second kappa shape index (κ2) is 12.5. The number of fused-ring (bicyclic) bond motifs is 2. The van der Waals surface area contributed by atoms with Gasteiger partial charge >= 0.3 is 11.6 Å². The minimum absolute atomic E-state index is 0.133. The van der Waals surface area contributed by atoms with Gasteiger partial charge in [0.05, 0.1) is 15.9 Å². The molecule has 1 atom stereocenters. The average molecular weight is 608 g/mol. The Kier molecular flexibility index (Phi) is 8.23. The van der Waals surface area contributed by atoms with E-state index in [-0.39, 0.29) is 18.2 Å². The second-order valence-electron chi connectivity index (χ2n) is 10.1. The monoisotopic (exact) mass is 607 g/mol. The molecule has 6 aromatic rings. The Morgan fingerprint density at radius 3 is 2.61 bits per heavy atom. The molecule has 0 bridgehead atoms. The Hall–Kier alpha value is -5.25. The second-order valence-corrected chi connectivity index (χ2v) is 10.5. The number of carboxylic acid groups (broad SMARTS) is 1. The molecule has 0 unspecified atom stereocenters. The van der Waals surface area contributed by atoms with Crippen LogP contribution in [-0.4, -0.2) is 27.1 Å². The first kappa shape index (κ1) is 28.9. The molecular formula is C34H26ClN3O6. The number of ether oxygens (including phenoxy) is 2. The van der Waals surface area contributed by atoms with Crippen LogP contribution in [0.2, 0.25) is 5.02 Å². The normalized spacial score (nSPS) is 11.9. The summed E-state index contributed by atoms with van der Waals surface area (Å²) in [4.78, 5) is 32.0. The van der Waals surface area contributed by atoms with Gasteiger partial charge in [0.15, 0.2) is 5.75 Å². The van der Waals surface area contributed by atoms with Crippen molar-refractivity contribution in [3.05, 3.63) is 124 Å². The van der Waals surface area contributed by atoms with Crippen LogP contribution in [-0.2, 0) is 17.9 Å². The molecule has 44 heavy (non-hydrogen) atoms. The van der Waals surface area contributed by atoms with Crippen LogP contribution < -0.4 is 20.4 Å². The number of carboxylic acids is 1. The first-order valence-corrected chi connectivity index (χ1v) is 14.1. The number of nitrogens with one attached hydrogen (secondary N) is 1. The summed E-state index contributed by atoms with van der Waals surface area (Å²) < 4.78 is 17.8. The molecule has 6 rings (SSSR count). The fourth-order valence-corrected chi connectivity index (χ4v) is 4.96. The van der Waals surface area contributed by atoms with Crippen molar-refractivity contribution in [2.24, 2.45) is 0 Å². The van der Waals surface area contributed by atoms with E-state index in [4.69, 9.17) is 25.5 Å². The van der Waals surface area contributed by atoms with Gasteiger partial charge in [-0.3, -0.25) is 4.79 Å². The van der Waals surface area contributed by atoms with Gasteiger partial charge in [-0.05, 0) is 42.3 Å². The van der Waals surface area contributed by atoms with E-state index in [0.29, 0.717) is 33.9 Å². The third kappa shape index (κ3) is 6.24. The summed E-state index contributed by atoms with van der Waals surface area (Å²) in [6.45, 7) is 1.86. The van der Waals surface area contributed by atoms with Gasteiger partial charge in [0.1, 0.15) is 30.3 Å². The molecule has 0 saturated heterocycles. The number of hydrogen-bond acceptors (Lipinski definition) is 8. The van der Waals surface area contributed by atoms with E-state index in [0.717, 1.165) is 27.6 Å². The number of hydrogen-bond donors (Lipinski definition) is 2. The summed E-state index contributed by atoms with van der Waals surface area (Å²) in [7, 11) is 0. The van der Waals surface area contributed by atoms with Crippen LogP contribution in [0.15, 0.2) is 107 Å². The Bertz CT molecular complexity index is 2050. The lowest BCUT2D eigenvalue weighted by Gasteiger charge is -2.17. The number of aliphatic carboxylic acids is 1. The molecule has 0 aliphatic rings. The highest BCUT2D eigenvalue weighted by Gasteiger charge is 2.18. The molecule has 0 aliphatic carbocycles. The number of aromatic nitrogens is 2. The average Bonchev–Trinajstić information content (AvgIpc) is 3.04. The van der Waals surface area contributed by atoms with Crippen LogP contribution >= 0.6 is 11.6 Å². The highest BCUT2D eigenvalue weighted by molar-refractivity contribution is 6.32. The molecule has 2 aromatic heterocycles. The lowest BCUT2D eigenvalue weighted by molar-refractivity contribution is -0.139. The van der Waals surface area contributed by atoms with Gasteiger partial charge in [-0.15, -0.1) is 0 Å². The number of benzene rings is 4.